The fourth-order valence-corrected chi connectivity index (χ4v) is 4.60. The fraction of sp³-hybridized carbons (Fsp3) is 0.533. The Labute approximate surface area is 132 Å². The molecule has 1 saturated heterocycles. The van der Waals surface area contributed by atoms with E-state index in [0.717, 1.165) is 44.5 Å². The third kappa shape index (κ3) is 2.84. The summed E-state index contributed by atoms with van der Waals surface area (Å²) in [6.07, 6.45) is 3.23. The molecule has 126 valence electrons. The van der Waals surface area contributed by atoms with Crippen molar-refractivity contribution in [3.8, 4) is 0 Å². The first-order chi connectivity index (χ1) is 10.7. The minimum Gasteiger partial charge on any atom is -0.344 e. The van der Waals surface area contributed by atoms with Gasteiger partial charge in [-0.3, -0.25) is 4.79 Å². The molecule has 0 unspecified atom stereocenters. The Morgan fingerprint density at radius 1 is 1.26 bits per heavy atom. The van der Waals surface area contributed by atoms with Crippen LogP contribution in [0.4, 0.5) is 13.2 Å². The zero-order chi connectivity index (χ0) is 16.9. The summed E-state index contributed by atoms with van der Waals surface area (Å²) in [5.41, 5.74) is -4.50. The summed E-state index contributed by atoms with van der Waals surface area (Å²) < 4.78 is 60.7. The zero-order valence-corrected chi connectivity index (χ0v) is 13.0. The SMILES string of the molecule is O=CN1CC2(CC(Cc3cccc(S(=O)(=O)C(F)(F)F)c3)C2)C1. The largest absolute Gasteiger partial charge is 0.501 e. The van der Waals surface area contributed by atoms with Gasteiger partial charge >= 0.3 is 5.51 Å². The summed E-state index contributed by atoms with van der Waals surface area (Å²) in [4.78, 5) is 11.6. The van der Waals surface area contributed by atoms with E-state index in [1.807, 2.05) is 0 Å². The van der Waals surface area contributed by atoms with Crippen LogP contribution in [0.25, 0.3) is 0 Å². The third-order valence-electron chi connectivity index (χ3n) is 4.71. The normalized spacial score (nSPS) is 20.9. The minimum atomic E-state index is -5.30. The Morgan fingerprint density at radius 2 is 1.91 bits per heavy atom. The van der Waals surface area contributed by atoms with E-state index in [4.69, 9.17) is 0 Å². The number of sulfone groups is 1. The molecule has 23 heavy (non-hydrogen) atoms. The highest BCUT2D eigenvalue weighted by Gasteiger charge is 2.51. The van der Waals surface area contributed by atoms with Crippen molar-refractivity contribution in [2.24, 2.45) is 11.3 Å². The highest BCUT2D eigenvalue weighted by Crippen LogP contribution is 2.52. The maximum Gasteiger partial charge on any atom is 0.501 e. The Balaban J connectivity index is 1.65. The lowest BCUT2D eigenvalue weighted by Gasteiger charge is -2.58. The van der Waals surface area contributed by atoms with Gasteiger partial charge < -0.3 is 4.90 Å². The topological polar surface area (TPSA) is 54.5 Å². The number of rotatable bonds is 4. The van der Waals surface area contributed by atoms with Crippen LogP contribution in [0.5, 0.6) is 0 Å². The fourth-order valence-electron chi connectivity index (χ4n) is 3.76. The minimum absolute atomic E-state index is 0.182. The lowest BCUT2D eigenvalue weighted by atomic mass is 9.56. The molecule has 4 nitrogen and oxygen atoms in total. The maximum absolute atomic E-state index is 12.6. The van der Waals surface area contributed by atoms with Gasteiger partial charge in [-0.1, -0.05) is 12.1 Å². The monoisotopic (exact) mass is 347 g/mol. The second-order valence-electron chi connectivity index (χ2n) is 6.59. The lowest BCUT2D eigenvalue weighted by Crippen LogP contribution is -2.61. The number of likely N-dealkylation sites (tertiary alicyclic amines) is 1. The van der Waals surface area contributed by atoms with Crippen LogP contribution in [0, 0.1) is 11.3 Å². The van der Waals surface area contributed by atoms with Crippen molar-refractivity contribution in [2.75, 3.05) is 13.1 Å². The van der Waals surface area contributed by atoms with Gasteiger partial charge in [-0.25, -0.2) is 8.42 Å². The van der Waals surface area contributed by atoms with E-state index >= 15 is 0 Å². The van der Waals surface area contributed by atoms with E-state index in [0.29, 0.717) is 17.9 Å². The number of amides is 1. The summed E-state index contributed by atoms with van der Waals surface area (Å²) in [5.74, 6) is 0.327. The number of alkyl halides is 3. The molecule has 1 aliphatic heterocycles. The number of nitrogens with zero attached hydrogens (tertiary/aromatic N) is 1. The quantitative estimate of drug-likeness (QED) is 0.786. The average Bonchev–Trinajstić information content (AvgIpc) is 2.39. The van der Waals surface area contributed by atoms with Gasteiger partial charge in [0.1, 0.15) is 0 Å². The molecule has 1 heterocycles. The van der Waals surface area contributed by atoms with Gasteiger partial charge in [0.25, 0.3) is 9.84 Å². The Bertz CT molecular complexity index is 716. The van der Waals surface area contributed by atoms with Crippen LogP contribution in [-0.2, 0) is 21.1 Å². The van der Waals surface area contributed by atoms with Crippen molar-refractivity contribution < 1.29 is 26.4 Å². The highest BCUT2D eigenvalue weighted by atomic mass is 32.2. The number of hydrogen-bond acceptors (Lipinski definition) is 3. The molecule has 2 fully saturated rings. The molecule has 0 atom stereocenters. The standard InChI is InChI=1S/C15H16F3NO3S/c16-15(17,18)23(21,22)13-3-1-2-11(5-13)4-12-6-14(7-12)8-19(9-14)10-20/h1-3,5,10,12H,4,6-9H2. The summed E-state index contributed by atoms with van der Waals surface area (Å²) in [6, 6.07) is 5.09. The number of carbonyl (C=O) groups is 1. The molecule has 1 aromatic carbocycles. The van der Waals surface area contributed by atoms with Crippen molar-refractivity contribution in [1.29, 1.82) is 0 Å². The molecule has 2 aliphatic rings. The molecule has 1 aromatic rings. The van der Waals surface area contributed by atoms with E-state index in [2.05, 4.69) is 0 Å². The summed E-state index contributed by atoms with van der Waals surface area (Å²) in [5, 5.41) is 0. The first-order valence-corrected chi connectivity index (χ1v) is 8.73. The summed E-state index contributed by atoms with van der Waals surface area (Å²) in [7, 11) is -5.30. The second-order valence-corrected chi connectivity index (χ2v) is 8.53. The number of benzene rings is 1. The summed E-state index contributed by atoms with van der Waals surface area (Å²) >= 11 is 0. The Hall–Kier alpha value is -1.57. The Kier molecular flexibility index (Phi) is 3.70. The molecule has 0 N–H and O–H groups in total. The van der Waals surface area contributed by atoms with Crippen molar-refractivity contribution in [1.82, 2.24) is 4.90 Å². The number of hydrogen-bond donors (Lipinski definition) is 0. The molecule has 1 aliphatic carbocycles. The lowest BCUT2D eigenvalue weighted by molar-refractivity contribution is -0.141. The van der Waals surface area contributed by atoms with Gasteiger partial charge in [0.2, 0.25) is 6.41 Å². The van der Waals surface area contributed by atoms with E-state index in [-0.39, 0.29) is 5.41 Å². The van der Waals surface area contributed by atoms with Gasteiger partial charge in [0.15, 0.2) is 0 Å². The molecule has 1 spiro atoms. The Morgan fingerprint density at radius 3 is 2.48 bits per heavy atom. The maximum atomic E-state index is 12.6. The van der Waals surface area contributed by atoms with E-state index < -0.39 is 20.2 Å². The predicted molar refractivity (Wildman–Crippen MR) is 76.2 cm³/mol. The van der Waals surface area contributed by atoms with Crippen LogP contribution >= 0.6 is 0 Å². The van der Waals surface area contributed by atoms with Crippen LogP contribution in [0.15, 0.2) is 29.2 Å². The van der Waals surface area contributed by atoms with Crippen molar-refractivity contribution in [3.05, 3.63) is 29.8 Å². The van der Waals surface area contributed by atoms with Crippen LogP contribution in [-0.4, -0.2) is 38.3 Å². The van der Waals surface area contributed by atoms with E-state index in [9.17, 15) is 26.4 Å². The molecule has 1 amide bonds. The van der Waals surface area contributed by atoms with Crippen molar-refractivity contribution in [3.63, 3.8) is 0 Å². The van der Waals surface area contributed by atoms with Gasteiger partial charge in [0, 0.05) is 18.5 Å². The van der Waals surface area contributed by atoms with Crippen LogP contribution in [0.1, 0.15) is 18.4 Å². The van der Waals surface area contributed by atoms with Gasteiger partial charge in [-0.15, -0.1) is 0 Å². The van der Waals surface area contributed by atoms with E-state index in [1.165, 1.54) is 6.07 Å². The smallest absolute Gasteiger partial charge is 0.344 e. The van der Waals surface area contributed by atoms with Gasteiger partial charge in [-0.2, -0.15) is 13.2 Å². The zero-order valence-electron chi connectivity index (χ0n) is 12.2. The first-order valence-electron chi connectivity index (χ1n) is 7.25. The molecular formula is C15H16F3NO3S. The van der Waals surface area contributed by atoms with Crippen molar-refractivity contribution in [2.45, 2.75) is 29.7 Å². The number of halogens is 3. The van der Waals surface area contributed by atoms with Gasteiger partial charge in [-0.05, 0) is 42.9 Å². The van der Waals surface area contributed by atoms with Gasteiger partial charge in [0.05, 0.1) is 4.90 Å². The molecule has 0 radical (unpaired) electrons. The molecular weight excluding hydrogens is 331 g/mol. The van der Waals surface area contributed by atoms with Crippen LogP contribution in [0.2, 0.25) is 0 Å². The average molecular weight is 347 g/mol. The molecule has 0 bridgehead atoms. The van der Waals surface area contributed by atoms with Crippen LogP contribution < -0.4 is 0 Å². The molecule has 3 rings (SSSR count). The highest BCUT2D eigenvalue weighted by molar-refractivity contribution is 7.92. The second kappa shape index (κ2) is 5.22. The predicted octanol–water partition coefficient (Wildman–Crippen LogP) is 2.39. The van der Waals surface area contributed by atoms with E-state index in [1.54, 1.807) is 11.0 Å². The van der Waals surface area contributed by atoms with Crippen molar-refractivity contribution >= 4 is 16.2 Å². The van der Waals surface area contributed by atoms with Crippen LogP contribution in [0.3, 0.4) is 0 Å². The molecule has 8 heteroatoms. The third-order valence-corrected chi connectivity index (χ3v) is 6.19. The summed E-state index contributed by atoms with van der Waals surface area (Å²) in [6.45, 7) is 1.49. The molecule has 1 saturated carbocycles. The molecule has 0 aromatic heterocycles. The first kappa shape index (κ1) is 16.3. The number of carbonyl (C=O) groups excluding carboxylic acids is 1.